The van der Waals surface area contributed by atoms with Gasteiger partial charge in [0.15, 0.2) is 6.10 Å². The normalized spacial score (nSPS) is 11.8. The summed E-state index contributed by atoms with van der Waals surface area (Å²) in [5.74, 6) is 0.556. The molecule has 0 radical (unpaired) electrons. The van der Waals surface area contributed by atoms with Crippen molar-refractivity contribution in [1.29, 1.82) is 0 Å². The molecule has 22 heavy (non-hydrogen) atoms. The zero-order valence-electron chi connectivity index (χ0n) is 12.8. The first kappa shape index (κ1) is 16.4. The van der Waals surface area contributed by atoms with Crippen molar-refractivity contribution in [3.05, 3.63) is 64.7 Å². The number of nitrogens with one attached hydrogen (secondary N) is 1. The number of hydrogen-bond acceptors (Lipinski definition) is 2. The van der Waals surface area contributed by atoms with Gasteiger partial charge in [-0.2, -0.15) is 0 Å². The van der Waals surface area contributed by atoms with Gasteiger partial charge < -0.3 is 10.1 Å². The molecule has 0 aliphatic rings. The SMILES string of the molecule is Cc1cc(Cl)ccc1O[C@H](C)C(=O)NCCc1ccccc1. The first-order valence-corrected chi connectivity index (χ1v) is 7.68. The summed E-state index contributed by atoms with van der Waals surface area (Å²) >= 11 is 5.91. The fraction of sp³-hybridized carbons (Fsp3) is 0.278. The van der Waals surface area contributed by atoms with Gasteiger partial charge in [-0.3, -0.25) is 4.79 Å². The summed E-state index contributed by atoms with van der Waals surface area (Å²) in [6, 6.07) is 15.4. The topological polar surface area (TPSA) is 38.3 Å². The second-order valence-electron chi connectivity index (χ2n) is 5.20. The number of ether oxygens (including phenoxy) is 1. The second-order valence-corrected chi connectivity index (χ2v) is 5.63. The van der Waals surface area contributed by atoms with Crippen LogP contribution >= 0.6 is 11.6 Å². The van der Waals surface area contributed by atoms with Crippen LogP contribution in [-0.4, -0.2) is 18.6 Å². The number of carbonyl (C=O) groups is 1. The van der Waals surface area contributed by atoms with Crippen LogP contribution in [0.15, 0.2) is 48.5 Å². The predicted octanol–water partition coefficient (Wildman–Crippen LogP) is 3.77. The van der Waals surface area contributed by atoms with Gasteiger partial charge in [0.25, 0.3) is 5.91 Å². The van der Waals surface area contributed by atoms with E-state index in [1.54, 1.807) is 19.1 Å². The van der Waals surface area contributed by atoms with E-state index < -0.39 is 6.10 Å². The highest BCUT2D eigenvalue weighted by molar-refractivity contribution is 6.30. The Hall–Kier alpha value is -2.00. The highest BCUT2D eigenvalue weighted by atomic mass is 35.5. The van der Waals surface area contributed by atoms with Crippen LogP contribution in [0, 0.1) is 6.92 Å². The lowest BCUT2D eigenvalue weighted by Crippen LogP contribution is -2.37. The lowest BCUT2D eigenvalue weighted by molar-refractivity contribution is -0.127. The third kappa shape index (κ3) is 4.78. The van der Waals surface area contributed by atoms with Gasteiger partial charge in [-0.15, -0.1) is 0 Å². The number of halogens is 1. The second kappa shape index (κ2) is 7.85. The van der Waals surface area contributed by atoms with Crippen LogP contribution in [-0.2, 0) is 11.2 Å². The molecule has 2 aromatic carbocycles. The van der Waals surface area contributed by atoms with Crippen molar-refractivity contribution in [2.75, 3.05) is 6.54 Å². The molecule has 2 rings (SSSR count). The van der Waals surface area contributed by atoms with Crippen LogP contribution in [0.2, 0.25) is 5.02 Å². The van der Waals surface area contributed by atoms with E-state index in [0.29, 0.717) is 17.3 Å². The quantitative estimate of drug-likeness (QED) is 0.880. The Morgan fingerprint density at radius 1 is 1.23 bits per heavy atom. The molecule has 0 aliphatic heterocycles. The van der Waals surface area contributed by atoms with Crippen molar-refractivity contribution >= 4 is 17.5 Å². The molecule has 3 nitrogen and oxygen atoms in total. The summed E-state index contributed by atoms with van der Waals surface area (Å²) in [5.41, 5.74) is 2.11. The van der Waals surface area contributed by atoms with Gasteiger partial charge >= 0.3 is 0 Å². The van der Waals surface area contributed by atoms with E-state index in [2.05, 4.69) is 5.32 Å². The highest BCUT2D eigenvalue weighted by Gasteiger charge is 2.15. The van der Waals surface area contributed by atoms with E-state index in [1.165, 1.54) is 5.56 Å². The lowest BCUT2D eigenvalue weighted by atomic mass is 10.1. The van der Waals surface area contributed by atoms with Crippen molar-refractivity contribution in [3.8, 4) is 5.75 Å². The number of hydrogen-bond donors (Lipinski definition) is 1. The average Bonchev–Trinajstić information content (AvgIpc) is 2.51. The summed E-state index contributed by atoms with van der Waals surface area (Å²) in [6.07, 6.45) is 0.259. The Morgan fingerprint density at radius 3 is 2.64 bits per heavy atom. The minimum atomic E-state index is -0.546. The van der Waals surface area contributed by atoms with E-state index in [-0.39, 0.29) is 5.91 Å². The molecule has 1 N–H and O–H groups in total. The van der Waals surface area contributed by atoms with Crippen LogP contribution in [0.1, 0.15) is 18.1 Å². The third-order valence-electron chi connectivity index (χ3n) is 3.37. The van der Waals surface area contributed by atoms with Crippen LogP contribution < -0.4 is 10.1 Å². The van der Waals surface area contributed by atoms with E-state index >= 15 is 0 Å². The number of rotatable bonds is 6. The summed E-state index contributed by atoms with van der Waals surface area (Å²) in [4.78, 5) is 12.1. The standard InChI is InChI=1S/C18H20ClNO2/c1-13-12-16(19)8-9-17(13)22-14(2)18(21)20-11-10-15-6-4-3-5-7-15/h3-9,12,14H,10-11H2,1-2H3,(H,20,21)/t14-/m1/s1. The van der Waals surface area contributed by atoms with Gasteiger partial charge in [0.05, 0.1) is 0 Å². The molecule has 0 saturated carbocycles. The molecule has 0 saturated heterocycles. The molecule has 0 heterocycles. The minimum absolute atomic E-state index is 0.120. The maximum absolute atomic E-state index is 12.1. The van der Waals surface area contributed by atoms with Crippen molar-refractivity contribution in [2.24, 2.45) is 0 Å². The molecule has 2 aromatic rings. The number of carbonyl (C=O) groups excluding carboxylic acids is 1. The molecular weight excluding hydrogens is 298 g/mol. The predicted molar refractivity (Wildman–Crippen MR) is 89.4 cm³/mol. The van der Waals surface area contributed by atoms with Gasteiger partial charge in [0.2, 0.25) is 0 Å². The largest absolute Gasteiger partial charge is 0.481 e. The molecule has 0 aliphatic carbocycles. The van der Waals surface area contributed by atoms with Crippen LogP contribution in [0.5, 0.6) is 5.75 Å². The molecule has 0 spiro atoms. The Labute approximate surface area is 136 Å². The van der Waals surface area contributed by atoms with Gasteiger partial charge in [0, 0.05) is 11.6 Å². The highest BCUT2D eigenvalue weighted by Crippen LogP contribution is 2.22. The zero-order valence-corrected chi connectivity index (χ0v) is 13.6. The molecular formula is C18H20ClNO2. The van der Waals surface area contributed by atoms with E-state index in [1.807, 2.05) is 43.3 Å². The Morgan fingerprint density at radius 2 is 1.95 bits per heavy atom. The summed E-state index contributed by atoms with van der Waals surface area (Å²) in [7, 11) is 0. The zero-order chi connectivity index (χ0) is 15.9. The average molecular weight is 318 g/mol. The van der Waals surface area contributed by atoms with Crippen molar-refractivity contribution in [2.45, 2.75) is 26.4 Å². The summed E-state index contributed by atoms with van der Waals surface area (Å²) < 4.78 is 5.69. The summed E-state index contributed by atoms with van der Waals surface area (Å²) in [5, 5.41) is 3.55. The maximum atomic E-state index is 12.1. The Balaban J connectivity index is 1.82. The monoisotopic (exact) mass is 317 g/mol. The lowest BCUT2D eigenvalue weighted by Gasteiger charge is -2.16. The van der Waals surface area contributed by atoms with Gasteiger partial charge in [-0.05, 0) is 49.6 Å². The fourth-order valence-electron chi connectivity index (χ4n) is 2.11. The van der Waals surface area contributed by atoms with Crippen LogP contribution in [0.4, 0.5) is 0 Å². The van der Waals surface area contributed by atoms with Gasteiger partial charge in [-0.25, -0.2) is 0 Å². The summed E-state index contributed by atoms with van der Waals surface area (Å²) in [6.45, 7) is 4.24. The molecule has 4 heteroatoms. The Bertz CT molecular complexity index is 628. The van der Waals surface area contributed by atoms with E-state index in [0.717, 1.165) is 12.0 Å². The number of amides is 1. The van der Waals surface area contributed by atoms with Crippen LogP contribution in [0.25, 0.3) is 0 Å². The van der Waals surface area contributed by atoms with Gasteiger partial charge in [0.1, 0.15) is 5.75 Å². The first-order valence-electron chi connectivity index (χ1n) is 7.30. The molecule has 116 valence electrons. The molecule has 0 aromatic heterocycles. The smallest absolute Gasteiger partial charge is 0.260 e. The molecule has 0 bridgehead atoms. The van der Waals surface area contributed by atoms with Gasteiger partial charge in [-0.1, -0.05) is 41.9 Å². The van der Waals surface area contributed by atoms with Crippen molar-refractivity contribution < 1.29 is 9.53 Å². The molecule has 1 atom stereocenters. The first-order chi connectivity index (χ1) is 10.6. The number of benzene rings is 2. The number of aryl methyl sites for hydroxylation is 1. The van der Waals surface area contributed by atoms with Crippen molar-refractivity contribution in [1.82, 2.24) is 5.32 Å². The maximum Gasteiger partial charge on any atom is 0.260 e. The van der Waals surface area contributed by atoms with E-state index in [9.17, 15) is 4.79 Å². The van der Waals surface area contributed by atoms with Crippen molar-refractivity contribution in [3.63, 3.8) is 0 Å². The fourth-order valence-corrected chi connectivity index (χ4v) is 2.33. The Kier molecular flexibility index (Phi) is 5.84. The van der Waals surface area contributed by atoms with Crippen LogP contribution in [0.3, 0.4) is 0 Å². The minimum Gasteiger partial charge on any atom is -0.481 e. The third-order valence-corrected chi connectivity index (χ3v) is 3.60. The van der Waals surface area contributed by atoms with E-state index in [4.69, 9.17) is 16.3 Å². The molecule has 0 unspecified atom stereocenters. The molecule has 0 fully saturated rings. The molecule has 1 amide bonds.